The molecule has 0 radical (unpaired) electrons. The lowest BCUT2D eigenvalue weighted by Gasteiger charge is -2.18. The second kappa shape index (κ2) is 7.37. The zero-order valence-electron chi connectivity index (χ0n) is 16.5. The molecule has 0 spiro atoms. The summed E-state index contributed by atoms with van der Waals surface area (Å²) < 4.78 is 47.0. The molecular formula is C22H18ClF3N4O. The van der Waals surface area contributed by atoms with Gasteiger partial charge >= 0.3 is 6.18 Å². The zero-order chi connectivity index (χ0) is 21.8. The first kappa shape index (κ1) is 20.1. The van der Waals surface area contributed by atoms with Crippen LogP contribution < -0.4 is 0 Å². The fourth-order valence-corrected chi connectivity index (χ4v) is 4.29. The van der Waals surface area contributed by atoms with Gasteiger partial charge in [0.2, 0.25) is 0 Å². The number of aromatic nitrogens is 4. The summed E-state index contributed by atoms with van der Waals surface area (Å²) in [5.41, 5.74) is 1.11. The van der Waals surface area contributed by atoms with Gasteiger partial charge in [-0.15, -0.1) is 0 Å². The van der Waals surface area contributed by atoms with Gasteiger partial charge in [-0.3, -0.25) is 0 Å². The van der Waals surface area contributed by atoms with E-state index in [1.54, 1.807) is 6.26 Å². The Hall–Kier alpha value is -2.87. The minimum Gasteiger partial charge on any atom is -0.467 e. The summed E-state index contributed by atoms with van der Waals surface area (Å²) in [6.07, 6.45) is 1.39. The van der Waals surface area contributed by atoms with Crippen LogP contribution in [0.1, 0.15) is 43.0 Å². The number of furan rings is 1. The lowest BCUT2D eigenvalue weighted by Crippen LogP contribution is -2.15. The first-order valence-corrected chi connectivity index (χ1v) is 10.4. The maximum absolute atomic E-state index is 13.1. The third-order valence-corrected chi connectivity index (χ3v) is 5.91. The number of hydrogen-bond acceptors (Lipinski definition) is 4. The van der Waals surface area contributed by atoms with Crippen LogP contribution in [-0.4, -0.2) is 19.5 Å². The van der Waals surface area contributed by atoms with Crippen LogP contribution in [0.2, 0.25) is 5.02 Å². The molecular weight excluding hydrogens is 429 g/mol. The number of benzene rings is 1. The summed E-state index contributed by atoms with van der Waals surface area (Å²) >= 11 is 6.25. The number of rotatable bonds is 5. The molecule has 5 rings (SSSR count). The van der Waals surface area contributed by atoms with Gasteiger partial charge in [-0.2, -0.15) is 13.2 Å². The smallest absolute Gasteiger partial charge is 0.416 e. The summed E-state index contributed by atoms with van der Waals surface area (Å²) in [4.78, 5) is 13.6. The number of fused-ring (bicyclic) bond motifs is 1. The van der Waals surface area contributed by atoms with E-state index >= 15 is 0 Å². The van der Waals surface area contributed by atoms with E-state index in [0.29, 0.717) is 34.8 Å². The summed E-state index contributed by atoms with van der Waals surface area (Å²) in [6.45, 7) is 2.00. The van der Waals surface area contributed by atoms with Crippen LogP contribution in [0.4, 0.5) is 13.2 Å². The molecule has 0 amide bonds. The van der Waals surface area contributed by atoms with E-state index in [1.165, 1.54) is 12.4 Å². The van der Waals surface area contributed by atoms with Crippen molar-refractivity contribution in [3.8, 4) is 11.3 Å². The Labute approximate surface area is 180 Å². The highest BCUT2D eigenvalue weighted by molar-refractivity contribution is 6.33. The van der Waals surface area contributed by atoms with Crippen molar-refractivity contribution in [1.82, 2.24) is 19.5 Å². The van der Waals surface area contributed by atoms with Crippen molar-refractivity contribution in [1.29, 1.82) is 0 Å². The molecule has 1 aliphatic carbocycles. The van der Waals surface area contributed by atoms with Crippen LogP contribution in [0.3, 0.4) is 0 Å². The van der Waals surface area contributed by atoms with Gasteiger partial charge in [0.05, 0.1) is 22.9 Å². The summed E-state index contributed by atoms with van der Waals surface area (Å²) in [5, 5.41) is -0.0350. The molecule has 31 heavy (non-hydrogen) atoms. The normalized spacial score (nSPS) is 15.5. The number of nitrogens with zero attached hydrogens (tertiary/aromatic N) is 4. The van der Waals surface area contributed by atoms with E-state index in [2.05, 4.69) is 14.5 Å². The molecule has 3 heterocycles. The monoisotopic (exact) mass is 446 g/mol. The number of aryl methyl sites for hydroxylation is 1. The Balaban J connectivity index is 1.70. The van der Waals surface area contributed by atoms with Gasteiger partial charge < -0.3 is 8.98 Å². The predicted octanol–water partition coefficient (Wildman–Crippen LogP) is 6.32. The Morgan fingerprint density at radius 1 is 1.23 bits per heavy atom. The number of alkyl halides is 3. The number of halogens is 4. The fourth-order valence-electron chi connectivity index (χ4n) is 4.02. The Morgan fingerprint density at radius 2 is 2.03 bits per heavy atom. The van der Waals surface area contributed by atoms with E-state index in [9.17, 15) is 13.2 Å². The van der Waals surface area contributed by atoms with Gasteiger partial charge in [0.25, 0.3) is 0 Å². The fraction of sp³-hybridized carbons (Fsp3) is 0.318. The number of imidazole rings is 1. The van der Waals surface area contributed by atoms with E-state index in [-0.39, 0.29) is 11.1 Å². The first-order chi connectivity index (χ1) is 14.9. The molecule has 0 saturated heterocycles. The predicted molar refractivity (Wildman–Crippen MR) is 110 cm³/mol. The molecule has 0 aliphatic heterocycles. The van der Waals surface area contributed by atoms with Gasteiger partial charge in [-0.1, -0.05) is 24.6 Å². The van der Waals surface area contributed by atoms with Crippen molar-refractivity contribution in [3.05, 3.63) is 65.1 Å². The molecule has 160 valence electrons. The largest absolute Gasteiger partial charge is 0.467 e. The second-order valence-electron chi connectivity index (χ2n) is 7.64. The van der Waals surface area contributed by atoms with Crippen molar-refractivity contribution >= 4 is 22.8 Å². The zero-order valence-corrected chi connectivity index (χ0v) is 17.3. The van der Waals surface area contributed by atoms with Gasteiger partial charge in [0.1, 0.15) is 29.1 Å². The first-order valence-electron chi connectivity index (χ1n) is 10.0. The van der Waals surface area contributed by atoms with E-state index in [4.69, 9.17) is 21.0 Å². The van der Waals surface area contributed by atoms with Crippen LogP contribution in [-0.2, 0) is 12.6 Å². The van der Waals surface area contributed by atoms with Crippen LogP contribution in [0.5, 0.6) is 0 Å². The molecule has 1 aromatic carbocycles. The summed E-state index contributed by atoms with van der Waals surface area (Å²) in [7, 11) is 0. The molecule has 1 fully saturated rings. The highest BCUT2D eigenvalue weighted by Gasteiger charge is 2.38. The van der Waals surface area contributed by atoms with Gasteiger partial charge in [0.15, 0.2) is 5.65 Å². The average Bonchev–Trinajstić information content (AvgIpc) is 3.28. The topological polar surface area (TPSA) is 56.7 Å². The molecule has 1 atom stereocenters. The maximum Gasteiger partial charge on any atom is 0.416 e. The highest BCUT2D eigenvalue weighted by atomic mass is 35.5. The highest BCUT2D eigenvalue weighted by Crippen LogP contribution is 2.46. The summed E-state index contributed by atoms with van der Waals surface area (Å²) in [6, 6.07) is 7.02. The van der Waals surface area contributed by atoms with Crippen molar-refractivity contribution < 1.29 is 17.6 Å². The van der Waals surface area contributed by atoms with Crippen LogP contribution in [0.25, 0.3) is 22.4 Å². The average molecular weight is 447 g/mol. The van der Waals surface area contributed by atoms with E-state index < -0.39 is 11.7 Å². The maximum atomic E-state index is 13.1. The van der Waals surface area contributed by atoms with Crippen molar-refractivity contribution in [2.45, 2.75) is 38.4 Å². The Morgan fingerprint density at radius 3 is 2.65 bits per heavy atom. The molecule has 1 unspecified atom stereocenters. The third-order valence-electron chi connectivity index (χ3n) is 5.60. The number of hydrogen-bond donors (Lipinski definition) is 0. The van der Waals surface area contributed by atoms with Gasteiger partial charge in [-0.05, 0) is 43.0 Å². The van der Waals surface area contributed by atoms with Crippen molar-refractivity contribution in [2.75, 3.05) is 0 Å². The molecule has 3 aromatic heterocycles. The van der Waals surface area contributed by atoms with Crippen LogP contribution in [0.15, 0.2) is 47.3 Å². The van der Waals surface area contributed by atoms with Gasteiger partial charge in [-0.25, -0.2) is 15.0 Å². The Kier molecular flexibility index (Phi) is 4.77. The molecule has 5 nitrogen and oxygen atoms in total. The summed E-state index contributed by atoms with van der Waals surface area (Å²) in [5.74, 6) is 2.07. The van der Waals surface area contributed by atoms with E-state index in [0.717, 1.165) is 36.6 Å². The van der Waals surface area contributed by atoms with E-state index in [1.807, 2.05) is 19.1 Å². The Bertz CT molecular complexity index is 1250. The van der Waals surface area contributed by atoms with Crippen LogP contribution >= 0.6 is 11.6 Å². The minimum absolute atomic E-state index is 0.0350. The molecule has 0 bridgehead atoms. The van der Waals surface area contributed by atoms with Crippen molar-refractivity contribution in [2.24, 2.45) is 5.92 Å². The standard InChI is InChI=1S/C22H18ClF3N4O/c1-2-17-29-19-18(14-8-7-13(10-15(14)23)22(24,25)26)27-11-28-21(19)30(17)20(12-5-6-12)16-4-3-9-31-16/h3-4,7-12,20H,2,5-6H2,1H3. The molecule has 1 saturated carbocycles. The second-order valence-corrected chi connectivity index (χ2v) is 8.04. The third kappa shape index (κ3) is 3.48. The minimum atomic E-state index is -4.47. The molecule has 9 heteroatoms. The quantitative estimate of drug-likeness (QED) is 0.360. The lowest BCUT2D eigenvalue weighted by atomic mass is 10.1. The lowest BCUT2D eigenvalue weighted by molar-refractivity contribution is -0.137. The SMILES string of the molecule is CCc1nc2c(-c3ccc(C(F)(F)F)cc3Cl)ncnc2n1C(c1ccco1)C1CC1. The van der Waals surface area contributed by atoms with Crippen molar-refractivity contribution in [3.63, 3.8) is 0 Å². The molecule has 0 N–H and O–H groups in total. The molecule has 4 aromatic rings. The van der Waals surface area contributed by atoms with Crippen LogP contribution in [0, 0.1) is 5.92 Å². The van der Waals surface area contributed by atoms with Gasteiger partial charge in [0, 0.05) is 12.0 Å². The molecule has 1 aliphatic rings.